The van der Waals surface area contributed by atoms with Crippen molar-refractivity contribution in [3.05, 3.63) is 0 Å². The predicted octanol–water partition coefficient (Wildman–Crippen LogP) is 0.321. The fourth-order valence-corrected chi connectivity index (χ4v) is 2.09. The van der Waals surface area contributed by atoms with Crippen molar-refractivity contribution in [3.63, 3.8) is 0 Å². The lowest BCUT2D eigenvalue weighted by atomic mass is 10.1. The average molecular weight is 252 g/mol. The lowest BCUT2D eigenvalue weighted by molar-refractivity contribution is -0.137. The molecule has 6 nitrogen and oxygen atoms in total. The molecule has 0 amide bonds. The van der Waals surface area contributed by atoms with Gasteiger partial charge in [0.25, 0.3) is 10.2 Å². The van der Waals surface area contributed by atoms with Crippen molar-refractivity contribution in [2.24, 2.45) is 5.92 Å². The molecule has 16 heavy (non-hydrogen) atoms. The number of nitrogens with one attached hydrogen (secondary N) is 2. The maximum atomic E-state index is 11.3. The molecule has 0 aliphatic heterocycles. The van der Waals surface area contributed by atoms with Crippen molar-refractivity contribution >= 4 is 16.2 Å². The van der Waals surface area contributed by atoms with Crippen LogP contribution in [0, 0.1) is 5.92 Å². The quantitative estimate of drug-likeness (QED) is 0.550. The fraction of sp³-hybridized carbons (Fsp3) is 0.889. The van der Waals surface area contributed by atoms with E-state index in [4.69, 9.17) is 5.11 Å². The smallest absolute Gasteiger partial charge is 0.303 e. The number of carboxylic acid groups (broad SMARTS) is 1. The molecule has 0 aromatic rings. The summed E-state index contributed by atoms with van der Waals surface area (Å²) in [6, 6.07) is 0. The van der Waals surface area contributed by atoms with E-state index in [0.717, 1.165) is 6.42 Å². The van der Waals surface area contributed by atoms with Crippen LogP contribution in [0.5, 0.6) is 0 Å². The predicted molar refractivity (Wildman–Crippen MR) is 61.3 cm³/mol. The summed E-state index contributed by atoms with van der Waals surface area (Å²) in [4.78, 5) is 10.3. The molecule has 0 fully saturated rings. The average Bonchev–Trinajstić information content (AvgIpc) is 2.21. The van der Waals surface area contributed by atoms with Gasteiger partial charge in [0.05, 0.1) is 0 Å². The molecule has 96 valence electrons. The normalized spacial score (nSPS) is 13.6. The Morgan fingerprint density at radius 1 is 1.38 bits per heavy atom. The van der Waals surface area contributed by atoms with Gasteiger partial charge in [0.1, 0.15) is 0 Å². The van der Waals surface area contributed by atoms with Crippen molar-refractivity contribution < 1.29 is 18.3 Å². The van der Waals surface area contributed by atoms with E-state index in [1.165, 1.54) is 0 Å². The minimum absolute atomic E-state index is 0.00861. The van der Waals surface area contributed by atoms with E-state index in [2.05, 4.69) is 9.44 Å². The van der Waals surface area contributed by atoms with E-state index in [1.807, 2.05) is 13.8 Å². The van der Waals surface area contributed by atoms with Crippen LogP contribution in [0.25, 0.3) is 0 Å². The first-order valence-electron chi connectivity index (χ1n) is 5.33. The largest absolute Gasteiger partial charge is 0.481 e. The topological polar surface area (TPSA) is 95.5 Å². The van der Waals surface area contributed by atoms with Gasteiger partial charge >= 0.3 is 5.97 Å². The standard InChI is InChI=1S/C9H20N2O4S/c1-3-6-10-16(14,15)11-7-8(2)4-5-9(12)13/h8,10-11H,3-7H2,1-2H3,(H,12,13). The number of hydrogen-bond donors (Lipinski definition) is 3. The van der Waals surface area contributed by atoms with E-state index in [9.17, 15) is 13.2 Å². The lowest BCUT2D eigenvalue weighted by Crippen LogP contribution is -2.39. The van der Waals surface area contributed by atoms with Crippen LogP contribution in [0.2, 0.25) is 0 Å². The molecule has 0 aromatic heterocycles. The molecule has 0 aliphatic rings. The highest BCUT2D eigenvalue weighted by Crippen LogP contribution is 2.04. The molecule has 0 saturated carbocycles. The fourth-order valence-electron chi connectivity index (χ4n) is 1.01. The summed E-state index contributed by atoms with van der Waals surface area (Å²) in [5.41, 5.74) is 0. The number of rotatable bonds is 9. The Bertz CT molecular complexity index is 303. The van der Waals surface area contributed by atoms with Crippen molar-refractivity contribution in [3.8, 4) is 0 Å². The SMILES string of the molecule is CCCNS(=O)(=O)NCC(C)CCC(=O)O. The van der Waals surface area contributed by atoms with Crippen LogP contribution in [0.3, 0.4) is 0 Å². The van der Waals surface area contributed by atoms with Gasteiger partial charge in [0, 0.05) is 19.5 Å². The molecule has 0 bridgehead atoms. The Kier molecular flexibility index (Phi) is 7.27. The Morgan fingerprint density at radius 3 is 2.50 bits per heavy atom. The molecule has 3 N–H and O–H groups in total. The van der Waals surface area contributed by atoms with Gasteiger partial charge in [0.15, 0.2) is 0 Å². The van der Waals surface area contributed by atoms with Crippen LogP contribution < -0.4 is 9.44 Å². The van der Waals surface area contributed by atoms with E-state index >= 15 is 0 Å². The minimum atomic E-state index is -3.42. The maximum Gasteiger partial charge on any atom is 0.303 e. The summed E-state index contributed by atoms with van der Waals surface area (Å²) in [6.45, 7) is 4.34. The Balaban J connectivity index is 3.81. The first kappa shape index (κ1) is 15.3. The van der Waals surface area contributed by atoms with Gasteiger partial charge in [-0.25, -0.2) is 9.44 Å². The molecule has 0 saturated heterocycles. The van der Waals surface area contributed by atoms with Crippen LogP contribution in [0.1, 0.15) is 33.1 Å². The molecule has 0 aromatic carbocycles. The van der Waals surface area contributed by atoms with Crippen molar-refractivity contribution in [2.75, 3.05) is 13.1 Å². The van der Waals surface area contributed by atoms with E-state index in [0.29, 0.717) is 13.0 Å². The molecule has 0 rings (SSSR count). The molecule has 1 unspecified atom stereocenters. The molecular formula is C9H20N2O4S. The van der Waals surface area contributed by atoms with Crippen LogP contribution >= 0.6 is 0 Å². The van der Waals surface area contributed by atoms with Gasteiger partial charge in [-0.1, -0.05) is 13.8 Å². The zero-order valence-corrected chi connectivity index (χ0v) is 10.5. The highest BCUT2D eigenvalue weighted by atomic mass is 32.2. The molecule has 0 radical (unpaired) electrons. The van der Waals surface area contributed by atoms with Crippen LogP contribution in [-0.2, 0) is 15.0 Å². The van der Waals surface area contributed by atoms with Crippen molar-refractivity contribution in [1.29, 1.82) is 0 Å². The molecule has 0 spiro atoms. The summed E-state index contributed by atoms with van der Waals surface area (Å²) < 4.78 is 27.3. The zero-order valence-electron chi connectivity index (χ0n) is 9.69. The van der Waals surface area contributed by atoms with Crippen LogP contribution in [0.4, 0.5) is 0 Å². The second-order valence-electron chi connectivity index (χ2n) is 3.78. The van der Waals surface area contributed by atoms with Gasteiger partial charge in [-0.05, 0) is 18.8 Å². The summed E-state index contributed by atoms with van der Waals surface area (Å²) in [7, 11) is -3.42. The van der Waals surface area contributed by atoms with Gasteiger partial charge in [-0.3, -0.25) is 4.79 Å². The number of hydrogen-bond acceptors (Lipinski definition) is 3. The van der Waals surface area contributed by atoms with Crippen LogP contribution in [0.15, 0.2) is 0 Å². The van der Waals surface area contributed by atoms with Gasteiger partial charge in [0.2, 0.25) is 0 Å². The summed E-state index contributed by atoms with van der Waals surface area (Å²) in [5.74, 6) is -0.854. The first-order chi connectivity index (χ1) is 7.37. The summed E-state index contributed by atoms with van der Waals surface area (Å²) in [5, 5.41) is 8.46. The number of carboxylic acids is 1. The van der Waals surface area contributed by atoms with E-state index in [1.54, 1.807) is 0 Å². The molecular weight excluding hydrogens is 232 g/mol. The van der Waals surface area contributed by atoms with Gasteiger partial charge in [-0.15, -0.1) is 0 Å². The second kappa shape index (κ2) is 7.59. The van der Waals surface area contributed by atoms with Gasteiger partial charge < -0.3 is 5.11 Å². The number of carbonyl (C=O) groups is 1. The molecule has 0 aliphatic carbocycles. The van der Waals surface area contributed by atoms with Gasteiger partial charge in [-0.2, -0.15) is 8.42 Å². The molecule has 7 heteroatoms. The molecule has 0 heterocycles. The lowest BCUT2D eigenvalue weighted by Gasteiger charge is -2.12. The van der Waals surface area contributed by atoms with Crippen LogP contribution in [-0.4, -0.2) is 32.6 Å². The summed E-state index contributed by atoms with van der Waals surface area (Å²) >= 11 is 0. The van der Waals surface area contributed by atoms with E-state index in [-0.39, 0.29) is 18.9 Å². The molecule has 1 atom stereocenters. The Labute approximate surface area is 96.6 Å². The second-order valence-corrected chi connectivity index (χ2v) is 5.37. The third kappa shape index (κ3) is 8.63. The highest BCUT2D eigenvalue weighted by Gasteiger charge is 2.11. The van der Waals surface area contributed by atoms with E-state index < -0.39 is 16.2 Å². The Morgan fingerprint density at radius 2 is 2.00 bits per heavy atom. The zero-order chi connectivity index (χ0) is 12.6. The highest BCUT2D eigenvalue weighted by molar-refractivity contribution is 7.87. The first-order valence-corrected chi connectivity index (χ1v) is 6.81. The van der Waals surface area contributed by atoms with Crippen molar-refractivity contribution in [2.45, 2.75) is 33.1 Å². The monoisotopic (exact) mass is 252 g/mol. The maximum absolute atomic E-state index is 11.3. The summed E-state index contributed by atoms with van der Waals surface area (Å²) in [6.07, 6.45) is 1.26. The third-order valence-electron chi connectivity index (χ3n) is 2.01. The van der Waals surface area contributed by atoms with Crippen molar-refractivity contribution in [1.82, 2.24) is 9.44 Å². The third-order valence-corrected chi connectivity index (χ3v) is 3.15. The minimum Gasteiger partial charge on any atom is -0.481 e. The number of aliphatic carboxylic acids is 1. The Hall–Kier alpha value is -0.660.